The molecule has 0 radical (unpaired) electrons. The van der Waals surface area contributed by atoms with Crippen LogP contribution in [-0.4, -0.2) is 53.5 Å². The van der Waals surface area contributed by atoms with Crippen molar-refractivity contribution < 1.29 is 4.79 Å². The molecular formula is C21H23ClN4O. The second kappa shape index (κ2) is 8.03. The van der Waals surface area contributed by atoms with E-state index in [0.29, 0.717) is 5.02 Å². The fourth-order valence-corrected chi connectivity index (χ4v) is 3.75. The number of nitrogens with zero attached hydrogens (tertiary/aromatic N) is 2. The zero-order valence-electron chi connectivity index (χ0n) is 15.1. The first-order valence-corrected chi connectivity index (χ1v) is 9.66. The molecule has 4 rings (SSSR count). The lowest BCUT2D eigenvalue weighted by Crippen LogP contribution is -2.50. The highest BCUT2D eigenvalue weighted by Gasteiger charge is 2.21. The first-order valence-electron chi connectivity index (χ1n) is 9.28. The Labute approximate surface area is 163 Å². The SMILES string of the molecule is O=C(Nc1cccc(Cl)c1)N1CCN(CCc2c[nH]c3ccccc23)CC1. The van der Waals surface area contributed by atoms with Gasteiger partial charge in [-0.25, -0.2) is 4.79 Å². The molecule has 0 atom stereocenters. The minimum Gasteiger partial charge on any atom is -0.361 e. The van der Waals surface area contributed by atoms with Crippen molar-refractivity contribution in [1.29, 1.82) is 0 Å². The maximum Gasteiger partial charge on any atom is 0.321 e. The van der Waals surface area contributed by atoms with Crippen molar-refractivity contribution >= 4 is 34.2 Å². The van der Waals surface area contributed by atoms with Crippen LogP contribution in [0.3, 0.4) is 0 Å². The number of rotatable bonds is 4. The zero-order valence-corrected chi connectivity index (χ0v) is 15.9. The first kappa shape index (κ1) is 17.9. The van der Waals surface area contributed by atoms with Gasteiger partial charge in [-0.05, 0) is 36.2 Å². The lowest BCUT2D eigenvalue weighted by molar-refractivity contribution is 0.148. The van der Waals surface area contributed by atoms with E-state index in [2.05, 4.69) is 45.7 Å². The maximum absolute atomic E-state index is 12.4. The smallest absolute Gasteiger partial charge is 0.321 e. The van der Waals surface area contributed by atoms with Crippen molar-refractivity contribution in [3.8, 4) is 0 Å². The Morgan fingerprint density at radius 3 is 2.70 bits per heavy atom. The molecule has 1 saturated heterocycles. The highest BCUT2D eigenvalue weighted by atomic mass is 35.5. The highest BCUT2D eigenvalue weighted by molar-refractivity contribution is 6.30. The number of para-hydroxylation sites is 1. The van der Waals surface area contributed by atoms with Gasteiger partial charge in [-0.15, -0.1) is 0 Å². The van der Waals surface area contributed by atoms with Gasteiger partial charge in [0.15, 0.2) is 0 Å². The third-order valence-corrected chi connectivity index (χ3v) is 5.34. The van der Waals surface area contributed by atoms with Gasteiger partial charge in [0.25, 0.3) is 0 Å². The molecule has 6 heteroatoms. The molecule has 140 valence electrons. The number of H-pyrrole nitrogens is 1. The second-order valence-corrected chi connectivity index (χ2v) is 7.32. The standard InChI is InChI=1S/C21H23ClN4O/c22-17-4-3-5-18(14-17)24-21(27)26-12-10-25(11-13-26)9-8-16-15-23-20-7-2-1-6-19(16)20/h1-7,14-15,23H,8-13H2,(H,24,27). The van der Waals surface area contributed by atoms with Crippen molar-refractivity contribution in [2.24, 2.45) is 0 Å². The molecule has 1 aromatic heterocycles. The van der Waals surface area contributed by atoms with Crippen LogP contribution in [-0.2, 0) is 6.42 Å². The Hall–Kier alpha value is -2.50. The summed E-state index contributed by atoms with van der Waals surface area (Å²) in [7, 11) is 0. The van der Waals surface area contributed by atoms with Gasteiger partial charge in [-0.1, -0.05) is 35.9 Å². The van der Waals surface area contributed by atoms with Crippen molar-refractivity contribution in [2.45, 2.75) is 6.42 Å². The molecule has 0 unspecified atom stereocenters. The van der Waals surface area contributed by atoms with E-state index in [4.69, 9.17) is 11.6 Å². The summed E-state index contributed by atoms with van der Waals surface area (Å²) in [5, 5.41) is 4.84. The Kier molecular flexibility index (Phi) is 5.32. The third-order valence-electron chi connectivity index (χ3n) is 5.11. The quantitative estimate of drug-likeness (QED) is 0.710. The van der Waals surface area contributed by atoms with E-state index in [1.54, 1.807) is 12.1 Å². The van der Waals surface area contributed by atoms with Gasteiger partial charge in [0.2, 0.25) is 0 Å². The van der Waals surface area contributed by atoms with E-state index >= 15 is 0 Å². The van der Waals surface area contributed by atoms with Crippen molar-refractivity contribution in [3.63, 3.8) is 0 Å². The molecule has 0 bridgehead atoms. The molecule has 2 heterocycles. The van der Waals surface area contributed by atoms with Gasteiger partial charge < -0.3 is 15.2 Å². The van der Waals surface area contributed by atoms with Crippen LogP contribution in [0.15, 0.2) is 54.7 Å². The summed E-state index contributed by atoms with van der Waals surface area (Å²) >= 11 is 5.97. The first-order chi connectivity index (χ1) is 13.2. The molecule has 2 N–H and O–H groups in total. The van der Waals surface area contributed by atoms with Crippen LogP contribution in [0, 0.1) is 0 Å². The topological polar surface area (TPSA) is 51.4 Å². The summed E-state index contributed by atoms with van der Waals surface area (Å²) < 4.78 is 0. The lowest BCUT2D eigenvalue weighted by Gasteiger charge is -2.34. The molecule has 5 nitrogen and oxygen atoms in total. The third kappa shape index (κ3) is 4.26. The Balaban J connectivity index is 1.27. The molecule has 1 aliphatic heterocycles. The highest BCUT2D eigenvalue weighted by Crippen LogP contribution is 2.19. The van der Waals surface area contributed by atoms with Crippen LogP contribution in [0.2, 0.25) is 5.02 Å². The molecule has 0 saturated carbocycles. The number of hydrogen-bond donors (Lipinski definition) is 2. The summed E-state index contributed by atoms with van der Waals surface area (Å²) in [6.45, 7) is 4.27. The largest absolute Gasteiger partial charge is 0.361 e. The van der Waals surface area contributed by atoms with Crippen molar-refractivity contribution in [2.75, 3.05) is 38.0 Å². The number of piperazine rings is 1. The summed E-state index contributed by atoms with van der Waals surface area (Å²) in [5.41, 5.74) is 3.27. The Morgan fingerprint density at radius 1 is 1.07 bits per heavy atom. The number of fused-ring (bicyclic) bond motifs is 1. The van der Waals surface area contributed by atoms with Crippen LogP contribution in [0.25, 0.3) is 10.9 Å². The van der Waals surface area contributed by atoms with Crippen LogP contribution >= 0.6 is 11.6 Å². The summed E-state index contributed by atoms with van der Waals surface area (Å²) in [4.78, 5) is 20.0. The van der Waals surface area contributed by atoms with Crippen LogP contribution in [0.1, 0.15) is 5.56 Å². The number of anilines is 1. The van der Waals surface area contributed by atoms with E-state index in [-0.39, 0.29) is 6.03 Å². The molecule has 2 amide bonds. The number of nitrogens with one attached hydrogen (secondary N) is 2. The predicted molar refractivity (Wildman–Crippen MR) is 110 cm³/mol. The maximum atomic E-state index is 12.4. The molecule has 3 aromatic rings. The van der Waals surface area contributed by atoms with Crippen molar-refractivity contribution in [3.05, 3.63) is 65.3 Å². The van der Waals surface area contributed by atoms with E-state index < -0.39 is 0 Å². The van der Waals surface area contributed by atoms with Gasteiger partial charge in [0.1, 0.15) is 0 Å². The average Bonchev–Trinajstić information content (AvgIpc) is 3.10. The minimum atomic E-state index is -0.0615. The molecule has 0 spiro atoms. The fourth-order valence-electron chi connectivity index (χ4n) is 3.56. The van der Waals surface area contributed by atoms with E-state index in [9.17, 15) is 4.79 Å². The van der Waals surface area contributed by atoms with Gasteiger partial charge in [0, 0.05) is 60.5 Å². The Morgan fingerprint density at radius 2 is 1.89 bits per heavy atom. The molecule has 27 heavy (non-hydrogen) atoms. The zero-order chi connectivity index (χ0) is 18.6. The van der Waals surface area contributed by atoms with Gasteiger partial charge >= 0.3 is 6.03 Å². The monoisotopic (exact) mass is 382 g/mol. The minimum absolute atomic E-state index is 0.0615. The summed E-state index contributed by atoms with van der Waals surface area (Å²) in [6.07, 6.45) is 3.12. The number of aromatic amines is 1. The molecule has 1 fully saturated rings. The second-order valence-electron chi connectivity index (χ2n) is 6.88. The molecule has 2 aromatic carbocycles. The Bertz CT molecular complexity index is 931. The van der Waals surface area contributed by atoms with Crippen LogP contribution < -0.4 is 5.32 Å². The predicted octanol–water partition coefficient (Wildman–Crippen LogP) is 4.21. The van der Waals surface area contributed by atoms with Gasteiger partial charge in [-0.2, -0.15) is 0 Å². The normalized spacial score (nSPS) is 15.2. The average molecular weight is 383 g/mol. The number of amides is 2. The lowest BCUT2D eigenvalue weighted by atomic mass is 10.1. The number of aromatic nitrogens is 1. The van der Waals surface area contributed by atoms with Crippen molar-refractivity contribution in [1.82, 2.24) is 14.8 Å². The van der Waals surface area contributed by atoms with E-state index in [1.807, 2.05) is 17.0 Å². The number of urea groups is 1. The fraction of sp³-hybridized carbons (Fsp3) is 0.286. The number of halogens is 1. The van der Waals surface area contributed by atoms with E-state index in [0.717, 1.165) is 44.8 Å². The van der Waals surface area contributed by atoms with E-state index in [1.165, 1.54) is 16.5 Å². The molecule has 1 aliphatic rings. The van der Waals surface area contributed by atoms with Gasteiger partial charge in [-0.3, -0.25) is 4.90 Å². The van der Waals surface area contributed by atoms with Gasteiger partial charge in [0.05, 0.1) is 0 Å². The van der Waals surface area contributed by atoms with Crippen LogP contribution in [0.4, 0.5) is 10.5 Å². The van der Waals surface area contributed by atoms with Crippen LogP contribution in [0.5, 0.6) is 0 Å². The number of carbonyl (C=O) groups excluding carboxylic acids is 1. The number of carbonyl (C=O) groups is 1. The molecular weight excluding hydrogens is 360 g/mol. The number of hydrogen-bond acceptors (Lipinski definition) is 2. The number of benzene rings is 2. The summed E-state index contributed by atoms with van der Waals surface area (Å²) in [6, 6.07) is 15.6. The molecule has 0 aliphatic carbocycles. The summed E-state index contributed by atoms with van der Waals surface area (Å²) in [5.74, 6) is 0.